The number of carbonyl (C=O) groups excluding carboxylic acids is 1. The first-order chi connectivity index (χ1) is 9.19. The Labute approximate surface area is 125 Å². The summed E-state index contributed by atoms with van der Waals surface area (Å²) in [5.74, 6) is -0.107. The zero-order valence-corrected chi connectivity index (χ0v) is 12.6. The Kier molecular flexibility index (Phi) is 6.96. The van der Waals surface area contributed by atoms with Gasteiger partial charge in [0.1, 0.15) is 5.82 Å². The smallest absolute Gasteiger partial charge is 0.224 e. The third-order valence-corrected chi connectivity index (χ3v) is 3.58. The zero-order valence-electron chi connectivity index (χ0n) is 11.8. The van der Waals surface area contributed by atoms with Crippen LogP contribution >= 0.6 is 12.4 Å². The average Bonchev–Trinajstić information content (AvgIpc) is 2.88. The highest BCUT2D eigenvalue weighted by atomic mass is 35.5. The van der Waals surface area contributed by atoms with Gasteiger partial charge in [0.2, 0.25) is 5.91 Å². The van der Waals surface area contributed by atoms with E-state index in [1.807, 2.05) is 13.0 Å². The highest BCUT2D eigenvalue weighted by molar-refractivity contribution is 5.85. The zero-order chi connectivity index (χ0) is 13.7. The second-order valence-corrected chi connectivity index (χ2v) is 5.04. The van der Waals surface area contributed by atoms with Crippen LogP contribution in [0.15, 0.2) is 24.3 Å². The molecule has 1 amide bonds. The van der Waals surface area contributed by atoms with Gasteiger partial charge in [-0.3, -0.25) is 4.79 Å². The van der Waals surface area contributed by atoms with Gasteiger partial charge in [0, 0.05) is 25.6 Å². The quantitative estimate of drug-likeness (QED) is 0.907. The van der Waals surface area contributed by atoms with Gasteiger partial charge >= 0.3 is 0 Å². The monoisotopic (exact) mass is 300 g/mol. The molecule has 0 radical (unpaired) electrons. The molecule has 1 N–H and O–H groups in total. The molecule has 2 rings (SSSR count). The number of hydrogen-bond donors (Lipinski definition) is 1. The lowest BCUT2D eigenvalue weighted by Gasteiger charge is -2.23. The number of nitrogens with zero attached hydrogens (tertiary/aromatic N) is 1. The summed E-state index contributed by atoms with van der Waals surface area (Å²) in [4.78, 5) is 14.0. The van der Waals surface area contributed by atoms with Crippen LogP contribution in [0.3, 0.4) is 0 Å². The van der Waals surface area contributed by atoms with Crippen molar-refractivity contribution in [3.05, 3.63) is 35.6 Å². The van der Waals surface area contributed by atoms with Crippen LogP contribution in [-0.2, 0) is 11.3 Å². The number of halogens is 2. The first kappa shape index (κ1) is 16.9. The van der Waals surface area contributed by atoms with E-state index in [1.165, 1.54) is 12.1 Å². The molecule has 0 spiro atoms. The van der Waals surface area contributed by atoms with Crippen LogP contribution in [0.2, 0.25) is 0 Å². The molecule has 5 heteroatoms. The van der Waals surface area contributed by atoms with Crippen LogP contribution in [0.1, 0.15) is 31.7 Å². The van der Waals surface area contributed by atoms with E-state index in [0.29, 0.717) is 25.6 Å². The highest BCUT2D eigenvalue weighted by Gasteiger charge is 2.21. The van der Waals surface area contributed by atoms with Crippen LogP contribution in [0.4, 0.5) is 4.39 Å². The molecule has 0 aliphatic carbocycles. The largest absolute Gasteiger partial charge is 0.339 e. The Hall–Kier alpha value is -1.13. The van der Waals surface area contributed by atoms with Gasteiger partial charge in [-0.15, -0.1) is 12.4 Å². The maximum absolute atomic E-state index is 13.1. The molecule has 0 saturated carbocycles. The van der Waals surface area contributed by atoms with Crippen molar-refractivity contribution in [1.29, 1.82) is 0 Å². The van der Waals surface area contributed by atoms with Gasteiger partial charge in [0.05, 0.1) is 0 Å². The van der Waals surface area contributed by atoms with E-state index in [0.717, 1.165) is 24.9 Å². The molecule has 1 saturated heterocycles. The van der Waals surface area contributed by atoms with E-state index in [-0.39, 0.29) is 24.1 Å². The van der Waals surface area contributed by atoms with Gasteiger partial charge in [-0.25, -0.2) is 4.39 Å². The molecule has 1 heterocycles. The van der Waals surface area contributed by atoms with Crippen molar-refractivity contribution in [2.75, 3.05) is 13.1 Å². The summed E-state index contributed by atoms with van der Waals surface area (Å²) < 4.78 is 13.1. The molecule has 1 aromatic carbocycles. The lowest BCUT2D eigenvalue weighted by atomic mass is 10.1. The van der Waals surface area contributed by atoms with Gasteiger partial charge in [0.25, 0.3) is 0 Å². The maximum atomic E-state index is 13.1. The van der Waals surface area contributed by atoms with E-state index >= 15 is 0 Å². The number of benzene rings is 1. The molecule has 0 bridgehead atoms. The van der Waals surface area contributed by atoms with Crippen molar-refractivity contribution < 1.29 is 9.18 Å². The van der Waals surface area contributed by atoms with Crippen molar-refractivity contribution in [3.8, 4) is 0 Å². The third kappa shape index (κ3) is 4.76. The molecule has 1 aliphatic rings. The minimum absolute atomic E-state index is 0. The van der Waals surface area contributed by atoms with Crippen molar-refractivity contribution in [3.63, 3.8) is 0 Å². The molecular formula is C15H22ClFN2O. The first-order valence-corrected chi connectivity index (χ1v) is 6.94. The number of amides is 1. The Balaban J connectivity index is 0.00000200. The molecule has 112 valence electrons. The predicted molar refractivity (Wildman–Crippen MR) is 80.4 cm³/mol. The van der Waals surface area contributed by atoms with Crippen molar-refractivity contribution in [2.24, 2.45) is 0 Å². The molecule has 1 fully saturated rings. The normalized spacial score (nSPS) is 17.6. The summed E-state index contributed by atoms with van der Waals surface area (Å²) in [5, 5.41) is 3.33. The first-order valence-electron chi connectivity index (χ1n) is 6.94. The Morgan fingerprint density at radius 3 is 2.90 bits per heavy atom. The van der Waals surface area contributed by atoms with Gasteiger partial charge in [-0.2, -0.15) is 0 Å². The van der Waals surface area contributed by atoms with Gasteiger partial charge < -0.3 is 10.2 Å². The topological polar surface area (TPSA) is 32.3 Å². The molecule has 0 aromatic heterocycles. The fourth-order valence-electron chi connectivity index (χ4n) is 2.50. The minimum atomic E-state index is -0.251. The fourth-order valence-corrected chi connectivity index (χ4v) is 2.50. The molecule has 3 nitrogen and oxygen atoms in total. The van der Waals surface area contributed by atoms with Crippen LogP contribution in [0, 0.1) is 5.82 Å². The fraction of sp³-hybridized carbons (Fsp3) is 0.533. The van der Waals surface area contributed by atoms with E-state index in [4.69, 9.17) is 0 Å². The molecule has 1 aliphatic heterocycles. The van der Waals surface area contributed by atoms with Crippen LogP contribution in [0.25, 0.3) is 0 Å². The maximum Gasteiger partial charge on any atom is 0.224 e. The number of carbonyl (C=O) groups is 1. The van der Waals surface area contributed by atoms with E-state index in [2.05, 4.69) is 5.32 Å². The molecular weight excluding hydrogens is 279 g/mol. The van der Waals surface area contributed by atoms with E-state index in [9.17, 15) is 9.18 Å². The standard InChI is InChI=1S/C15H21FN2O.ClH/c1-2-18(11-12-5-3-6-13(16)9-12)15(19)10-14-7-4-8-17-14;/h3,5-6,9,14,17H,2,4,7-8,10-11H2,1H3;1H. The minimum Gasteiger partial charge on any atom is -0.339 e. The lowest BCUT2D eigenvalue weighted by molar-refractivity contribution is -0.132. The summed E-state index contributed by atoms with van der Waals surface area (Å²) in [6.45, 7) is 4.11. The molecule has 1 unspecified atom stereocenters. The van der Waals surface area contributed by atoms with Crippen molar-refractivity contribution in [1.82, 2.24) is 10.2 Å². The van der Waals surface area contributed by atoms with E-state index < -0.39 is 0 Å². The molecule has 1 atom stereocenters. The Morgan fingerprint density at radius 2 is 2.30 bits per heavy atom. The molecule has 20 heavy (non-hydrogen) atoms. The summed E-state index contributed by atoms with van der Waals surface area (Å²) in [7, 11) is 0. The number of hydrogen-bond acceptors (Lipinski definition) is 2. The van der Waals surface area contributed by atoms with E-state index in [1.54, 1.807) is 11.0 Å². The van der Waals surface area contributed by atoms with Crippen LogP contribution in [0.5, 0.6) is 0 Å². The summed E-state index contributed by atoms with van der Waals surface area (Å²) >= 11 is 0. The average molecular weight is 301 g/mol. The summed E-state index contributed by atoms with van der Waals surface area (Å²) in [6, 6.07) is 6.76. The predicted octanol–water partition coefficient (Wildman–Crippen LogP) is 2.74. The Morgan fingerprint density at radius 1 is 1.50 bits per heavy atom. The summed E-state index contributed by atoms with van der Waals surface area (Å²) in [5.41, 5.74) is 0.842. The number of nitrogens with one attached hydrogen (secondary N) is 1. The van der Waals surface area contributed by atoms with Crippen molar-refractivity contribution >= 4 is 18.3 Å². The third-order valence-electron chi connectivity index (χ3n) is 3.58. The Bertz CT molecular complexity index is 436. The summed E-state index contributed by atoms with van der Waals surface area (Å²) in [6.07, 6.45) is 2.76. The van der Waals surface area contributed by atoms with Gasteiger partial charge in [-0.05, 0) is 44.0 Å². The van der Waals surface area contributed by atoms with Gasteiger partial charge in [-0.1, -0.05) is 12.1 Å². The van der Waals surface area contributed by atoms with Crippen LogP contribution in [-0.4, -0.2) is 29.9 Å². The second kappa shape index (κ2) is 8.22. The molecule has 1 aromatic rings. The van der Waals surface area contributed by atoms with Gasteiger partial charge in [0.15, 0.2) is 0 Å². The second-order valence-electron chi connectivity index (χ2n) is 5.04. The van der Waals surface area contributed by atoms with Crippen molar-refractivity contribution in [2.45, 2.75) is 38.8 Å². The van der Waals surface area contributed by atoms with Crippen LogP contribution < -0.4 is 5.32 Å². The highest BCUT2D eigenvalue weighted by Crippen LogP contribution is 2.13. The SMILES string of the molecule is CCN(Cc1cccc(F)c1)C(=O)CC1CCCN1.Cl. The lowest BCUT2D eigenvalue weighted by Crippen LogP contribution is -2.35. The number of rotatable bonds is 5.